The number of hydrogen-bond acceptors (Lipinski definition) is 3. The number of nitrogens with zero attached hydrogens (tertiary/aromatic N) is 3. The van der Waals surface area contributed by atoms with Crippen LogP contribution in [-0.4, -0.2) is 46.3 Å². The van der Waals surface area contributed by atoms with E-state index in [1.165, 1.54) is 4.90 Å². The van der Waals surface area contributed by atoms with Crippen LogP contribution in [0.1, 0.15) is 18.4 Å². The first-order chi connectivity index (χ1) is 12.1. The molecule has 1 aliphatic rings. The molecule has 3 rings (SSSR count). The first-order valence-electron chi connectivity index (χ1n) is 8.54. The molecule has 1 aliphatic heterocycles. The van der Waals surface area contributed by atoms with Crippen LogP contribution in [0.3, 0.4) is 0 Å². The highest BCUT2D eigenvalue weighted by Crippen LogP contribution is 2.16. The smallest absolute Gasteiger partial charge is 0.314 e. The standard InChI is InChI=1S/C18H23N5O2/c19-18(25)22-10-4-5-15(13-22)17(24)20-9-8-14-11-21-23(12-14)16-6-2-1-3-7-16/h1-3,6-7,11-12,15H,4-5,8-10,13H2,(H2,19,25)(H,20,24). The van der Waals surface area contributed by atoms with E-state index in [-0.39, 0.29) is 11.8 Å². The second kappa shape index (κ2) is 7.83. The molecule has 7 heteroatoms. The largest absolute Gasteiger partial charge is 0.355 e. The van der Waals surface area contributed by atoms with Gasteiger partial charge in [0.05, 0.1) is 17.8 Å². The minimum absolute atomic E-state index is 0.0126. The number of rotatable bonds is 5. The Kier molecular flexibility index (Phi) is 5.33. The van der Waals surface area contributed by atoms with Crippen LogP contribution in [0, 0.1) is 5.92 Å². The van der Waals surface area contributed by atoms with Gasteiger partial charge in [-0.25, -0.2) is 9.48 Å². The lowest BCUT2D eigenvalue weighted by Gasteiger charge is -2.30. The van der Waals surface area contributed by atoms with E-state index in [4.69, 9.17) is 5.73 Å². The Bertz CT molecular complexity index is 728. The number of nitrogens with two attached hydrogens (primary N) is 1. The predicted octanol–water partition coefficient (Wildman–Crippen LogP) is 1.32. The lowest BCUT2D eigenvalue weighted by molar-refractivity contribution is -0.126. The van der Waals surface area contributed by atoms with E-state index in [2.05, 4.69) is 10.4 Å². The van der Waals surface area contributed by atoms with Crippen molar-refractivity contribution in [3.63, 3.8) is 0 Å². The summed E-state index contributed by atoms with van der Waals surface area (Å²) in [6.07, 6.45) is 6.10. The molecule has 1 atom stereocenters. The number of para-hydroxylation sites is 1. The number of urea groups is 1. The Balaban J connectivity index is 1.47. The number of carbonyl (C=O) groups excluding carboxylic acids is 2. The van der Waals surface area contributed by atoms with Crippen molar-refractivity contribution in [2.75, 3.05) is 19.6 Å². The van der Waals surface area contributed by atoms with Crippen LogP contribution < -0.4 is 11.1 Å². The highest BCUT2D eigenvalue weighted by atomic mass is 16.2. The monoisotopic (exact) mass is 341 g/mol. The molecule has 0 bridgehead atoms. The van der Waals surface area contributed by atoms with Crippen LogP contribution in [0.15, 0.2) is 42.7 Å². The molecule has 1 saturated heterocycles. The third-order valence-corrected chi connectivity index (χ3v) is 4.47. The van der Waals surface area contributed by atoms with Gasteiger partial charge in [0.25, 0.3) is 0 Å². The molecular formula is C18H23N5O2. The topological polar surface area (TPSA) is 93.2 Å². The second-order valence-electron chi connectivity index (χ2n) is 6.29. The molecule has 2 aromatic rings. The average Bonchev–Trinajstić information content (AvgIpc) is 3.11. The van der Waals surface area contributed by atoms with Crippen molar-refractivity contribution < 1.29 is 9.59 Å². The van der Waals surface area contributed by atoms with Crippen molar-refractivity contribution >= 4 is 11.9 Å². The zero-order valence-corrected chi connectivity index (χ0v) is 14.1. The summed E-state index contributed by atoms with van der Waals surface area (Å²) in [5.74, 6) is -0.185. The summed E-state index contributed by atoms with van der Waals surface area (Å²) in [4.78, 5) is 25.1. The van der Waals surface area contributed by atoms with Gasteiger partial charge in [0, 0.05) is 25.8 Å². The highest BCUT2D eigenvalue weighted by molar-refractivity contribution is 5.80. The molecule has 3 amide bonds. The molecule has 132 valence electrons. The van der Waals surface area contributed by atoms with Crippen LogP contribution in [0.2, 0.25) is 0 Å². The molecular weight excluding hydrogens is 318 g/mol. The molecule has 0 saturated carbocycles. The lowest BCUT2D eigenvalue weighted by Crippen LogP contribution is -2.47. The molecule has 1 aromatic carbocycles. The molecule has 25 heavy (non-hydrogen) atoms. The molecule has 0 spiro atoms. The van der Waals surface area contributed by atoms with Crippen LogP contribution in [-0.2, 0) is 11.2 Å². The number of hydrogen-bond donors (Lipinski definition) is 2. The summed E-state index contributed by atoms with van der Waals surface area (Å²) in [6, 6.07) is 9.44. The highest BCUT2D eigenvalue weighted by Gasteiger charge is 2.27. The Morgan fingerprint density at radius 1 is 1.28 bits per heavy atom. The third kappa shape index (κ3) is 4.37. The minimum Gasteiger partial charge on any atom is -0.355 e. The zero-order chi connectivity index (χ0) is 17.6. The Morgan fingerprint density at radius 2 is 2.08 bits per heavy atom. The van der Waals surface area contributed by atoms with Gasteiger partial charge in [-0.15, -0.1) is 0 Å². The summed E-state index contributed by atoms with van der Waals surface area (Å²) in [7, 11) is 0. The summed E-state index contributed by atoms with van der Waals surface area (Å²) in [6.45, 7) is 1.59. The van der Waals surface area contributed by atoms with Gasteiger partial charge in [0.2, 0.25) is 5.91 Å². The van der Waals surface area contributed by atoms with E-state index in [0.29, 0.717) is 26.1 Å². The first kappa shape index (κ1) is 17.0. The van der Waals surface area contributed by atoms with Gasteiger partial charge in [0.15, 0.2) is 0 Å². The predicted molar refractivity (Wildman–Crippen MR) is 94.2 cm³/mol. The fourth-order valence-electron chi connectivity index (χ4n) is 3.08. The maximum Gasteiger partial charge on any atom is 0.314 e. The Hall–Kier alpha value is -2.83. The molecule has 2 heterocycles. The average molecular weight is 341 g/mol. The third-order valence-electron chi connectivity index (χ3n) is 4.47. The number of likely N-dealkylation sites (tertiary alicyclic amines) is 1. The molecule has 3 N–H and O–H groups in total. The van der Waals surface area contributed by atoms with Gasteiger partial charge in [-0.05, 0) is 37.0 Å². The quantitative estimate of drug-likeness (QED) is 0.859. The van der Waals surface area contributed by atoms with E-state index < -0.39 is 6.03 Å². The van der Waals surface area contributed by atoms with Crippen molar-refractivity contribution in [2.45, 2.75) is 19.3 Å². The van der Waals surface area contributed by atoms with Crippen molar-refractivity contribution in [1.29, 1.82) is 0 Å². The summed E-state index contributed by atoms with van der Waals surface area (Å²) in [5.41, 5.74) is 7.37. The molecule has 1 aromatic heterocycles. The van der Waals surface area contributed by atoms with Crippen molar-refractivity contribution in [2.24, 2.45) is 11.7 Å². The summed E-state index contributed by atoms with van der Waals surface area (Å²) >= 11 is 0. The number of primary amides is 1. The minimum atomic E-state index is -0.453. The molecule has 7 nitrogen and oxygen atoms in total. The van der Waals surface area contributed by atoms with Crippen LogP contribution >= 0.6 is 0 Å². The van der Waals surface area contributed by atoms with Crippen LogP contribution in [0.5, 0.6) is 0 Å². The SMILES string of the molecule is NC(=O)N1CCCC(C(=O)NCCc2cnn(-c3ccccc3)c2)C1. The van der Waals surface area contributed by atoms with Gasteiger partial charge < -0.3 is 16.0 Å². The fraction of sp³-hybridized carbons (Fsp3) is 0.389. The number of carbonyl (C=O) groups is 2. The van der Waals surface area contributed by atoms with Gasteiger partial charge in [-0.3, -0.25) is 4.79 Å². The van der Waals surface area contributed by atoms with Gasteiger partial charge >= 0.3 is 6.03 Å². The lowest BCUT2D eigenvalue weighted by atomic mass is 9.97. The van der Waals surface area contributed by atoms with E-state index in [0.717, 1.165) is 24.1 Å². The first-order valence-corrected chi connectivity index (χ1v) is 8.54. The van der Waals surface area contributed by atoms with Crippen molar-refractivity contribution in [3.05, 3.63) is 48.3 Å². The maximum absolute atomic E-state index is 12.3. The summed E-state index contributed by atoms with van der Waals surface area (Å²) < 4.78 is 1.82. The van der Waals surface area contributed by atoms with E-state index in [9.17, 15) is 9.59 Å². The number of aromatic nitrogens is 2. The van der Waals surface area contributed by atoms with E-state index in [1.54, 1.807) is 0 Å². The van der Waals surface area contributed by atoms with Gasteiger partial charge in [0.1, 0.15) is 0 Å². The number of piperidine rings is 1. The Labute approximate surface area is 146 Å². The van der Waals surface area contributed by atoms with Crippen molar-refractivity contribution in [1.82, 2.24) is 20.0 Å². The van der Waals surface area contributed by atoms with E-state index >= 15 is 0 Å². The van der Waals surface area contributed by atoms with Crippen LogP contribution in [0.4, 0.5) is 4.79 Å². The van der Waals surface area contributed by atoms with Crippen LogP contribution in [0.25, 0.3) is 5.69 Å². The summed E-state index contributed by atoms with van der Waals surface area (Å²) in [5, 5.41) is 7.30. The molecule has 0 radical (unpaired) electrons. The van der Waals surface area contributed by atoms with Crippen molar-refractivity contribution in [3.8, 4) is 5.69 Å². The Morgan fingerprint density at radius 3 is 2.84 bits per heavy atom. The fourth-order valence-corrected chi connectivity index (χ4v) is 3.08. The number of amides is 3. The normalized spacial score (nSPS) is 17.3. The van der Waals surface area contributed by atoms with E-state index in [1.807, 2.05) is 47.4 Å². The molecule has 0 aliphatic carbocycles. The number of nitrogens with one attached hydrogen (secondary N) is 1. The maximum atomic E-state index is 12.3. The molecule has 1 unspecified atom stereocenters. The number of benzene rings is 1. The second-order valence-corrected chi connectivity index (χ2v) is 6.29. The van der Waals surface area contributed by atoms with Gasteiger partial charge in [-0.2, -0.15) is 5.10 Å². The van der Waals surface area contributed by atoms with Gasteiger partial charge in [-0.1, -0.05) is 18.2 Å². The zero-order valence-electron chi connectivity index (χ0n) is 14.1. The molecule has 1 fully saturated rings.